The fourth-order valence-corrected chi connectivity index (χ4v) is 4.59. The molecule has 2 atom stereocenters. The number of carbonyl (C=O) groups excluding carboxylic acids is 1. The Kier molecular flexibility index (Phi) is 4.32. The smallest absolute Gasteiger partial charge is 0.225 e. The summed E-state index contributed by atoms with van der Waals surface area (Å²) in [6.45, 7) is 3.41. The number of hydrogen-bond donors (Lipinski definition) is 0. The normalized spacial score (nSPS) is 25.0. The third-order valence-electron chi connectivity index (χ3n) is 6.03. The van der Waals surface area contributed by atoms with E-state index in [2.05, 4.69) is 19.8 Å². The summed E-state index contributed by atoms with van der Waals surface area (Å²) in [5, 5.41) is 0. The second kappa shape index (κ2) is 6.86. The summed E-state index contributed by atoms with van der Waals surface area (Å²) in [5.41, 5.74) is 0.251. The van der Waals surface area contributed by atoms with Crippen LogP contribution in [0.15, 0.2) is 24.5 Å². The van der Waals surface area contributed by atoms with Crippen molar-refractivity contribution < 1.29 is 18.3 Å². The summed E-state index contributed by atoms with van der Waals surface area (Å²) in [7, 11) is 0. The van der Waals surface area contributed by atoms with Crippen LogP contribution in [0.5, 0.6) is 0 Å². The standard InChI is InChI=1S/C20H20F2N4O2/c21-18-3-12(4-19(22)17(18)9-27)13-5-23-20(24-6-13)25-7-14-1-2-15(8-25)26(14)16-10-28-11-16/h3-6,9,14-16H,1-2,7-8,10-11H2. The number of nitrogens with zero attached hydrogens (tertiary/aromatic N) is 4. The molecule has 2 aromatic rings. The zero-order valence-electron chi connectivity index (χ0n) is 15.2. The Morgan fingerprint density at radius 1 is 0.964 bits per heavy atom. The lowest BCUT2D eigenvalue weighted by Crippen LogP contribution is -2.62. The molecule has 0 radical (unpaired) electrons. The summed E-state index contributed by atoms with van der Waals surface area (Å²) >= 11 is 0. The lowest BCUT2D eigenvalue weighted by Gasteiger charge is -2.47. The van der Waals surface area contributed by atoms with E-state index in [4.69, 9.17) is 4.74 Å². The SMILES string of the molecule is O=Cc1c(F)cc(-c2cnc(N3CC4CCC(C3)N4C3COC3)nc2)cc1F. The monoisotopic (exact) mass is 386 g/mol. The fourth-order valence-electron chi connectivity index (χ4n) is 4.59. The first-order valence-corrected chi connectivity index (χ1v) is 9.51. The number of fused-ring (bicyclic) bond motifs is 2. The molecular formula is C20H20F2N4O2. The quantitative estimate of drug-likeness (QED) is 0.752. The molecule has 5 rings (SSSR count). The van der Waals surface area contributed by atoms with Crippen molar-refractivity contribution in [2.24, 2.45) is 0 Å². The van der Waals surface area contributed by atoms with E-state index in [9.17, 15) is 13.6 Å². The van der Waals surface area contributed by atoms with Gasteiger partial charge in [-0.15, -0.1) is 0 Å². The van der Waals surface area contributed by atoms with E-state index in [0.29, 0.717) is 35.2 Å². The molecular weight excluding hydrogens is 366 g/mol. The van der Waals surface area contributed by atoms with Crippen molar-refractivity contribution in [3.8, 4) is 11.1 Å². The Labute approximate surface area is 161 Å². The Bertz CT molecular complexity index is 867. The highest BCUT2D eigenvalue weighted by Crippen LogP contribution is 2.35. The first-order valence-electron chi connectivity index (χ1n) is 9.51. The van der Waals surface area contributed by atoms with Crippen molar-refractivity contribution in [3.63, 3.8) is 0 Å². The molecule has 146 valence electrons. The molecule has 8 heteroatoms. The van der Waals surface area contributed by atoms with Gasteiger partial charge in [0.1, 0.15) is 11.6 Å². The number of anilines is 1. The molecule has 3 fully saturated rings. The summed E-state index contributed by atoms with van der Waals surface area (Å²) < 4.78 is 33.1. The highest BCUT2D eigenvalue weighted by atomic mass is 19.1. The molecule has 3 saturated heterocycles. The van der Waals surface area contributed by atoms with Gasteiger partial charge in [0.15, 0.2) is 6.29 Å². The molecule has 3 aliphatic heterocycles. The molecule has 2 bridgehead atoms. The first-order chi connectivity index (χ1) is 13.6. The van der Waals surface area contributed by atoms with Gasteiger partial charge >= 0.3 is 0 Å². The highest BCUT2D eigenvalue weighted by molar-refractivity contribution is 5.77. The largest absolute Gasteiger partial charge is 0.378 e. The minimum Gasteiger partial charge on any atom is -0.378 e. The third kappa shape index (κ3) is 2.87. The summed E-state index contributed by atoms with van der Waals surface area (Å²) in [4.78, 5) is 24.4. The second-order valence-electron chi connectivity index (χ2n) is 7.67. The Balaban J connectivity index is 1.34. The topological polar surface area (TPSA) is 58.6 Å². The molecule has 0 N–H and O–H groups in total. The van der Waals surface area contributed by atoms with E-state index in [1.165, 1.54) is 12.8 Å². The number of aldehydes is 1. The highest BCUT2D eigenvalue weighted by Gasteiger charge is 2.45. The molecule has 6 nitrogen and oxygen atoms in total. The average molecular weight is 386 g/mol. The minimum atomic E-state index is -0.887. The van der Waals surface area contributed by atoms with Crippen LogP contribution in [0.3, 0.4) is 0 Å². The van der Waals surface area contributed by atoms with Crippen LogP contribution in [-0.2, 0) is 4.74 Å². The van der Waals surface area contributed by atoms with Crippen LogP contribution in [0.25, 0.3) is 11.1 Å². The van der Waals surface area contributed by atoms with Gasteiger partial charge < -0.3 is 9.64 Å². The minimum absolute atomic E-state index is 0.178. The Hall–Kier alpha value is -2.45. The van der Waals surface area contributed by atoms with Crippen molar-refractivity contribution in [3.05, 3.63) is 41.7 Å². The lowest BCUT2D eigenvalue weighted by atomic mass is 10.1. The molecule has 28 heavy (non-hydrogen) atoms. The number of piperazine rings is 1. The van der Waals surface area contributed by atoms with Gasteiger partial charge in [0.2, 0.25) is 5.95 Å². The van der Waals surface area contributed by atoms with E-state index in [-0.39, 0.29) is 6.29 Å². The summed E-state index contributed by atoms with van der Waals surface area (Å²) in [6, 6.07) is 3.79. The van der Waals surface area contributed by atoms with Crippen LogP contribution < -0.4 is 4.90 Å². The van der Waals surface area contributed by atoms with Gasteiger partial charge in [0.25, 0.3) is 0 Å². The lowest BCUT2D eigenvalue weighted by molar-refractivity contribution is -0.0851. The number of carbonyl (C=O) groups is 1. The zero-order chi connectivity index (χ0) is 19.3. The Morgan fingerprint density at radius 3 is 2.07 bits per heavy atom. The van der Waals surface area contributed by atoms with Crippen LogP contribution in [0.2, 0.25) is 0 Å². The molecule has 0 saturated carbocycles. The maximum Gasteiger partial charge on any atom is 0.225 e. The first kappa shape index (κ1) is 17.6. The van der Waals surface area contributed by atoms with Gasteiger partial charge in [-0.3, -0.25) is 9.69 Å². The number of ether oxygens (including phenoxy) is 1. The maximum atomic E-state index is 13.9. The number of rotatable bonds is 4. The van der Waals surface area contributed by atoms with E-state index >= 15 is 0 Å². The third-order valence-corrected chi connectivity index (χ3v) is 6.03. The second-order valence-corrected chi connectivity index (χ2v) is 7.67. The maximum absolute atomic E-state index is 13.9. The molecule has 4 heterocycles. The molecule has 0 amide bonds. The van der Waals surface area contributed by atoms with E-state index in [1.807, 2.05) is 0 Å². The van der Waals surface area contributed by atoms with Gasteiger partial charge in [0.05, 0.1) is 24.8 Å². The van der Waals surface area contributed by atoms with Crippen molar-refractivity contribution in [2.75, 3.05) is 31.2 Å². The van der Waals surface area contributed by atoms with Crippen LogP contribution in [-0.4, -0.2) is 65.6 Å². The van der Waals surface area contributed by atoms with Gasteiger partial charge in [-0.1, -0.05) is 0 Å². The molecule has 2 unspecified atom stereocenters. The molecule has 0 spiro atoms. The van der Waals surface area contributed by atoms with Gasteiger partial charge in [-0.25, -0.2) is 18.7 Å². The van der Waals surface area contributed by atoms with E-state index in [1.54, 1.807) is 12.4 Å². The fraction of sp³-hybridized carbons (Fsp3) is 0.450. The van der Waals surface area contributed by atoms with E-state index < -0.39 is 17.2 Å². The molecule has 3 aliphatic rings. The predicted octanol–water partition coefficient (Wildman–Crippen LogP) is 2.29. The van der Waals surface area contributed by atoms with Crippen molar-refractivity contribution >= 4 is 12.2 Å². The predicted molar refractivity (Wildman–Crippen MR) is 98.2 cm³/mol. The van der Waals surface area contributed by atoms with Crippen molar-refractivity contribution in [1.82, 2.24) is 14.9 Å². The average Bonchev–Trinajstić information content (AvgIpc) is 2.89. The molecule has 1 aromatic heterocycles. The van der Waals surface area contributed by atoms with E-state index in [0.717, 1.165) is 38.4 Å². The number of benzene rings is 1. The van der Waals surface area contributed by atoms with Crippen molar-refractivity contribution in [1.29, 1.82) is 0 Å². The van der Waals surface area contributed by atoms with Gasteiger partial charge in [-0.05, 0) is 30.5 Å². The Morgan fingerprint density at radius 2 is 1.57 bits per heavy atom. The number of halogens is 2. The summed E-state index contributed by atoms with van der Waals surface area (Å²) in [6.07, 6.45) is 5.68. The molecule has 1 aromatic carbocycles. The van der Waals surface area contributed by atoms with Crippen LogP contribution in [0.1, 0.15) is 23.2 Å². The zero-order valence-corrected chi connectivity index (χ0v) is 15.2. The number of hydrogen-bond acceptors (Lipinski definition) is 6. The van der Waals surface area contributed by atoms with Crippen LogP contribution in [0.4, 0.5) is 14.7 Å². The molecule has 0 aliphatic carbocycles. The van der Waals surface area contributed by atoms with Gasteiger partial charge in [0, 0.05) is 43.1 Å². The summed E-state index contributed by atoms with van der Waals surface area (Å²) in [5.74, 6) is -1.14. The van der Waals surface area contributed by atoms with Crippen LogP contribution >= 0.6 is 0 Å². The number of aromatic nitrogens is 2. The van der Waals surface area contributed by atoms with Gasteiger partial charge in [-0.2, -0.15) is 0 Å². The van der Waals surface area contributed by atoms with Crippen LogP contribution in [0, 0.1) is 11.6 Å². The van der Waals surface area contributed by atoms with Crippen molar-refractivity contribution in [2.45, 2.75) is 31.0 Å².